The molecular formula is C14H23ClN4O4S2. The van der Waals surface area contributed by atoms with Crippen molar-refractivity contribution in [2.75, 3.05) is 0 Å². The van der Waals surface area contributed by atoms with Crippen molar-refractivity contribution in [1.29, 1.82) is 0 Å². The number of nitrogens with one attached hydrogen (secondary N) is 1. The maximum atomic E-state index is 12.5. The molecule has 1 unspecified atom stereocenters. The van der Waals surface area contributed by atoms with Crippen molar-refractivity contribution in [3.63, 3.8) is 0 Å². The van der Waals surface area contributed by atoms with E-state index in [1.165, 1.54) is 5.38 Å². The van der Waals surface area contributed by atoms with E-state index >= 15 is 0 Å². The first-order valence-electron chi connectivity index (χ1n) is 7.49. The number of nitrogens with zero attached hydrogens (tertiary/aromatic N) is 2. The Morgan fingerprint density at radius 3 is 2.52 bits per heavy atom. The SMILES string of the molecule is CC(C)C[C@H](NC(=O)OC(C)(C)C)C(=O)N=S(N)(=O)c1nc(Cl)cs1. The van der Waals surface area contributed by atoms with Gasteiger partial charge < -0.3 is 10.1 Å². The largest absolute Gasteiger partial charge is 0.444 e. The molecule has 0 saturated carbocycles. The number of nitrogens with two attached hydrogens (primary N) is 1. The summed E-state index contributed by atoms with van der Waals surface area (Å²) in [6.45, 7) is 8.86. The molecule has 1 heterocycles. The summed E-state index contributed by atoms with van der Waals surface area (Å²) in [5.74, 6) is -0.736. The van der Waals surface area contributed by atoms with Gasteiger partial charge in [-0.05, 0) is 33.1 Å². The molecule has 0 bridgehead atoms. The third-order valence-corrected chi connectivity index (χ3v) is 5.63. The Balaban J connectivity index is 3.02. The van der Waals surface area contributed by atoms with Crippen LogP contribution in [0, 0.1) is 5.92 Å². The van der Waals surface area contributed by atoms with E-state index in [4.69, 9.17) is 21.5 Å². The first-order valence-corrected chi connectivity index (χ1v) is 10.3. The lowest BCUT2D eigenvalue weighted by atomic mass is 10.0. The summed E-state index contributed by atoms with van der Waals surface area (Å²) >= 11 is 6.63. The summed E-state index contributed by atoms with van der Waals surface area (Å²) in [6, 6.07) is -1.00. The van der Waals surface area contributed by atoms with E-state index in [-0.39, 0.29) is 21.8 Å². The van der Waals surface area contributed by atoms with Gasteiger partial charge in [-0.1, -0.05) is 25.4 Å². The molecule has 0 spiro atoms. The van der Waals surface area contributed by atoms with Gasteiger partial charge in [-0.2, -0.15) is 0 Å². The van der Waals surface area contributed by atoms with E-state index < -0.39 is 33.6 Å². The number of rotatable bonds is 5. The summed E-state index contributed by atoms with van der Waals surface area (Å²) < 4.78 is 21.1. The highest BCUT2D eigenvalue weighted by molar-refractivity contribution is 7.93. The lowest BCUT2D eigenvalue weighted by Crippen LogP contribution is -2.44. The zero-order valence-corrected chi connectivity index (χ0v) is 17.1. The Morgan fingerprint density at radius 2 is 2.08 bits per heavy atom. The molecular weight excluding hydrogens is 388 g/mol. The molecule has 142 valence electrons. The molecule has 1 aromatic heterocycles. The van der Waals surface area contributed by atoms with Crippen molar-refractivity contribution < 1.29 is 18.5 Å². The fourth-order valence-electron chi connectivity index (χ4n) is 1.75. The zero-order chi connectivity index (χ0) is 19.4. The van der Waals surface area contributed by atoms with E-state index in [1.807, 2.05) is 13.8 Å². The molecule has 2 atom stereocenters. The number of halogens is 1. The highest BCUT2D eigenvalue weighted by atomic mass is 35.5. The van der Waals surface area contributed by atoms with Crippen molar-refractivity contribution in [2.45, 2.75) is 57.0 Å². The molecule has 0 aliphatic carbocycles. The highest BCUT2D eigenvalue weighted by Gasteiger charge is 2.26. The van der Waals surface area contributed by atoms with Crippen molar-refractivity contribution in [1.82, 2.24) is 10.3 Å². The number of thiazole rings is 1. The van der Waals surface area contributed by atoms with Crippen molar-refractivity contribution >= 4 is 44.9 Å². The minimum Gasteiger partial charge on any atom is -0.444 e. The third-order valence-electron chi connectivity index (χ3n) is 2.63. The molecule has 0 aliphatic heterocycles. The standard InChI is InChI=1S/C14H23ClN4O4S2/c1-8(2)6-9(17-12(21)23-14(3,4)5)11(20)19-25(16,22)13-18-10(15)7-24-13/h7-9H,6H2,1-5H3,(H,17,21)(H2,16,19,20,22)/t9-,25?/m0/s1. The van der Waals surface area contributed by atoms with Gasteiger partial charge in [0.15, 0.2) is 9.92 Å². The first-order chi connectivity index (χ1) is 11.3. The maximum absolute atomic E-state index is 12.5. The molecule has 0 aliphatic rings. The Labute approximate surface area is 156 Å². The van der Waals surface area contributed by atoms with Crippen LogP contribution >= 0.6 is 22.9 Å². The van der Waals surface area contributed by atoms with Crippen LogP contribution in [-0.4, -0.2) is 32.8 Å². The predicted molar refractivity (Wildman–Crippen MR) is 97.8 cm³/mol. The number of carbonyl (C=O) groups excluding carboxylic acids is 2. The monoisotopic (exact) mass is 410 g/mol. The van der Waals surface area contributed by atoms with Gasteiger partial charge in [-0.15, -0.1) is 15.7 Å². The van der Waals surface area contributed by atoms with Crippen LogP contribution < -0.4 is 10.5 Å². The van der Waals surface area contributed by atoms with Crippen molar-refractivity contribution in [3.05, 3.63) is 10.5 Å². The average molecular weight is 411 g/mol. The van der Waals surface area contributed by atoms with Crippen LogP contribution in [0.3, 0.4) is 0 Å². The van der Waals surface area contributed by atoms with Crippen LogP contribution in [0.2, 0.25) is 5.15 Å². The Hall–Kier alpha value is -1.23. The van der Waals surface area contributed by atoms with Gasteiger partial charge in [0.1, 0.15) is 16.8 Å². The summed E-state index contributed by atoms with van der Waals surface area (Å²) in [6.07, 6.45) is -0.474. The van der Waals surface area contributed by atoms with Crippen LogP contribution in [0.25, 0.3) is 0 Å². The fourth-order valence-corrected chi connectivity index (χ4v) is 3.98. The molecule has 2 amide bonds. The van der Waals surface area contributed by atoms with Crippen molar-refractivity contribution in [3.8, 4) is 0 Å². The average Bonchev–Trinajstić information content (AvgIpc) is 2.82. The molecule has 1 rings (SSSR count). The first kappa shape index (κ1) is 21.8. The number of alkyl carbamates (subject to hydrolysis) is 1. The van der Waals surface area contributed by atoms with Crippen LogP contribution in [0.1, 0.15) is 41.0 Å². The number of carbonyl (C=O) groups is 2. The van der Waals surface area contributed by atoms with Gasteiger partial charge in [-0.3, -0.25) is 4.79 Å². The van der Waals surface area contributed by atoms with E-state index in [9.17, 15) is 13.8 Å². The van der Waals surface area contributed by atoms with Crippen LogP contribution in [0.5, 0.6) is 0 Å². The van der Waals surface area contributed by atoms with Crippen molar-refractivity contribution in [2.24, 2.45) is 15.4 Å². The Morgan fingerprint density at radius 1 is 1.48 bits per heavy atom. The van der Waals surface area contributed by atoms with Gasteiger partial charge in [0.25, 0.3) is 5.91 Å². The summed E-state index contributed by atoms with van der Waals surface area (Å²) in [7, 11) is -3.53. The quantitative estimate of drug-likeness (QED) is 0.772. The second kappa shape index (κ2) is 8.43. The Bertz CT molecular complexity index is 748. The van der Waals surface area contributed by atoms with Crippen LogP contribution in [0.15, 0.2) is 14.1 Å². The number of aromatic nitrogens is 1. The van der Waals surface area contributed by atoms with Gasteiger partial charge in [-0.25, -0.2) is 19.1 Å². The molecule has 3 N–H and O–H groups in total. The fraction of sp³-hybridized carbons (Fsp3) is 0.643. The molecule has 11 heteroatoms. The Kier molecular flexibility index (Phi) is 7.36. The topological polar surface area (TPSA) is 124 Å². The molecule has 0 aromatic carbocycles. The minimum absolute atomic E-state index is 0.0496. The van der Waals surface area contributed by atoms with Gasteiger partial charge >= 0.3 is 6.09 Å². The van der Waals surface area contributed by atoms with Gasteiger partial charge in [0.2, 0.25) is 4.34 Å². The molecule has 25 heavy (non-hydrogen) atoms. The van der Waals surface area contributed by atoms with E-state index in [0.717, 1.165) is 11.3 Å². The molecule has 8 nitrogen and oxygen atoms in total. The number of ether oxygens (including phenoxy) is 1. The van der Waals surface area contributed by atoms with E-state index in [0.29, 0.717) is 0 Å². The van der Waals surface area contributed by atoms with Crippen LogP contribution in [0.4, 0.5) is 4.79 Å². The lowest BCUT2D eigenvalue weighted by Gasteiger charge is -2.23. The number of hydrogen-bond donors (Lipinski definition) is 2. The van der Waals surface area contributed by atoms with E-state index in [1.54, 1.807) is 20.8 Å². The summed E-state index contributed by atoms with van der Waals surface area (Å²) in [4.78, 5) is 28.2. The third kappa shape index (κ3) is 7.68. The zero-order valence-electron chi connectivity index (χ0n) is 14.7. The lowest BCUT2D eigenvalue weighted by molar-refractivity contribution is -0.120. The van der Waals surface area contributed by atoms with E-state index in [2.05, 4.69) is 14.7 Å². The minimum atomic E-state index is -3.53. The van der Waals surface area contributed by atoms with Crippen LogP contribution in [-0.2, 0) is 19.4 Å². The second-order valence-electron chi connectivity index (χ2n) is 6.76. The summed E-state index contributed by atoms with van der Waals surface area (Å²) in [5, 5.41) is 9.65. The molecule has 1 aromatic rings. The second-order valence-corrected chi connectivity index (χ2v) is 9.97. The number of amides is 2. The molecule has 0 saturated heterocycles. The van der Waals surface area contributed by atoms with Gasteiger partial charge in [0, 0.05) is 5.38 Å². The highest BCUT2D eigenvalue weighted by Crippen LogP contribution is 2.19. The smallest absolute Gasteiger partial charge is 0.408 e. The number of hydrogen-bond acceptors (Lipinski definition) is 6. The molecule has 0 radical (unpaired) electrons. The normalized spacial score (nSPS) is 15.4. The maximum Gasteiger partial charge on any atom is 0.408 e. The predicted octanol–water partition coefficient (Wildman–Crippen LogP) is 2.96. The summed E-state index contributed by atoms with van der Waals surface area (Å²) in [5.41, 5.74) is -0.717. The van der Waals surface area contributed by atoms with Gasteiger partial charge in [0.05, 0.1) is 0 Å². The molecule has 0 fully saturated rings.